The lowest BCUT2D eigenvalue weighted by atomic mass is 10.2. The molecule has 1 fully saturated rings. The largest absolute Gasteiger partial charge is 0.504 e. The van der Waals surface area contributed by atoms with Crippen LogP contribution in [0.1, 0.15) is 11.1 Å². The van der Waals surface area contributed by atoms with E-state index in [4.69, 9.17) is 4.74 Å². The summed E-state index contributed by atoms with van der Waals surface area (Å²) in [5, 5.41) is 13.1. The minimum atomic E-state index is -0.192. The average Bonchev–Trinajstić information content (AvgIpc) is 2.94. The summed E-state index contributed by atoms with van der Waals surface area (Å²) in [4.78, 5) is 17.0. The maximum absolute atomic E-state index is 12.0. The fraction of sp³-hybridized carbons (Fsp3) is 0.111. The Labute approximate surface area is 144 Å². The number of amidine groups is 1. The number of methoxy groups -OCH3 is 1. The predicted octanol–water partition coefficient (Wildman–Crippen LogP) is 3.16. The summed E-state index contributed by atoms with van der Waals surface area (Å²) in [7, 11) is 1.49. The van der Waals surface area contributed by atoms with Crippen molar-refractivity contribution in [3.8, 4) is 11.5 Å². The van der Waals surface area contributed by atoms with Gasteiger partial charge in [0.1, 0.15) is 0 Å². The average molecular weight is 340 g/mol. The van der Waals surface area contributed by atoms with Gasteiger partial charge in [0, 0.05) is 0 Å². The smallest absolute Gasteiger partial charge is 0.264 e. The lowest BCUT2D eigenvalue weighted by molar-refractivity contribution is -0.115. The number of benzene rings is 2. The Bertz CT molecular complexity index is 816. The van der Waals surface area contributed by atoms with Gasteiger partial charge in [0.2, 0.25) is 0 Å². The number of ether oxygens (including phenoxy) is 1. The second kappa shape index (κ2) is 7.23. The molecule has 3 rings (SSSR count). The maximum Gasteiger partial charge on any atom is 0.264 e. The Morgan fingerprint density at radius 2 is 2.04 bits per heavy atom. The number of hydrogen-bond acceptors (Lipinski definition) is 5. The van der Waals surface area contributed by atoms with Crippen LogP contribution in [0.3, 0.4) is 0 Å². The van der Waals surface area contributed by atoms with Crippen LogP contribution in [0, 0.1) is 0 Å². The van der Waals surface area contributed by atoms with Crippen LogP contribution in [-0.4, -0.2) is 23.3 Å². The van der Waals surface area contributed by atoms with Crippen molar-refractivity contribution in [3.05, 3.63) is 64.6 Å². The molecule has 1 aliphatic rings. The molecule has 0 saturated carbocycles. The standard InChI is InChI=1S/C18H16N2O3S/c1-23-15-8-7-13(9-14(15)21)10-16-17(22)20-18(24-16)19-11-12-5-3-2-4-6-12/h2-10,21H,11H2,1H3,(H,19,20,22)/b16-10-. The van der Waals surface area contributed by atoms with Crippen LogP contribution >= 0.6 is 11.8 Å². The fourth-order valence-corrected chi connectivity index (χ4v) is 3.02. The summed E-state index contributed by atoms with van der Waals surface area (Å²) in [6, 6.07) is 14.8. The Balaban J connectivity index is 1.73. The lowest BCUT2D eigenvalue weighted by Gasteiger charge is -2.03. The van der Waals surface area contributed by atoms with Gasteiger partial charge in [0.05, 0.1) is 18.6 Å². The number of amides is 1. The molecular weight excluding hydrogens is 324 g/mol. The molecule has 0 aliphatic carbocycles. The third-order valence-electron chi connectivity index (χ3n) is 3.40. The summed E-state index contributed by atoms with van der Waals surface area (Å²) >= 11 is 1.29. The molecule has 6 heteroatoms. The Kier molecular flexibility index (Phi) is 4.86. The van der Waals surface area contributed by atoms with Crippen molar-refractivity contribution < 1.29 is 14.6 Å². The van der Waals surface area contributed by atoms with E-state index in [-0.39, 0.29) is 11.7 Å². The Hall–Kier alpha value is -2.73. The molecule has 0 aromatic heterocycles. The van der Waals surface area contributed by atoms with Gasteiger partial charge in [-0.15, -0.1) is 0 Å². The van der Waals surface area contributed by atoms with Crippen LogP contribution in [-0.2, 0) is 11.3 Å². The van der Waals surface area contributed by atoms with Crippen molar-refractivity contribution in [1.82, 2.24) is 5.32 Å². The molecule has 0 atom stereocenters. The number of carbonyl (C=O) groups is 1. The first-order valence-corrected chi connectivity index (χ1v) is 8.13. The SMILES string of the molecule is COc1ccc(/C=C2\SC(=NCc3ccccc3)NC2=O)cc1O. The monoisotopic (exact) mass is 340 g/mol. The van der Waals surface area contributed by atoms with Gasteiger partial charge in [-0.2, -0.15) is 0 Å². The van der Waals surface area contributed by atoms with Gasteiger partial charge in [-0.05, 0) is 41.1 Å². The van der Waals surface area contributed by atoms with Gasteiger partial charge in [-0.25, -0.2) is 0 Å². The summed E-state index contributed by atoms with van der Waals surface area (Å²) in [5.74, 6) is 0.237. The second-order valence-corrected chi connectivity index (χ2v) is 6.13. The molecule has 5 nitrogen and oxygen atoms in total. The lowest BCUT2D eigenvalue weighted by Crippen LogP contribution is -2.19. The van der Waals surface area contributed by atoms with E-state index in [9.17, 15) is 9.90 Å². The normalized spacial score (nSPS) is 17.3. The summed E-state index contributed by atoms with van der Waals surface area (Å²) in [5.41, 5.74) is 1.80. The Morgan fingerprint density at radius 3 is 2.75 bits per heavy atom. The molecule has 2 aromatic rings. The van der Waals surface area contributed by atoms with E-state index in [0.717, 1.165) is 11.1 Å². The number of hydrogen-bond donors (Lipinski definition) is 2. The molecule has 2 aromatic carbocycles. The number of phenolic OH excluding ortho intramolecular Hbond substituents is 1. The molecule has 0 spiro atoms. The molecule has 0 radical (unpaired) electrons. The number of phenols is 1. The van der Waals surface area contributed by atoms with Crippen molar-refractivity contribution in [3.63, 3.8) is 0 Å². The number of rotatable bonds is 4. The number of carbonyl (C=O) groups excluding carboxylic acids is 1. The van der Waals surface area contributed by atoms with Crippen molar-refractivity contribution in [2.75, 3.05) is 7.11 Å². The van der Waals surface area contributed by atoms with E-state index >= 15 is 0 Å². The van der Waals surface area contributed by atoms with Crippen LogP contribution in [0.25, 0.3) is 6.08 Å². The van der Waals surface area contributed by atoms with Gasteiger partial charge < -0.3 is 15.2 Å². The summed E-state index contributed by atoms with van der Waals surface area (Å²) in [6.45, 7) is 0.514. The van der Waals surface area contributed by atoms with Crippen molar-refractivity contribution in [1.29, 1.82) is 0 Å². The fourth-order valence-electron chi connectivity index (χ4n) is 2.20. The Morgan fingerprint density at radius 1 is 1.25 bits per heavy atom. The number of aliphatic imine (C=N–C) groups is 1. The molecule has 0 bridgehead atoms. The number of nitrogens with one attached hydrogen (secondary N) is 1. The highest BCUT2D eigenvalue weighted by molar-refractivity contribution is 8.18. The maximum atomic E-state index is 12.0. The van der Waals surface area contributed by atoms with Crippen molar-refractivity contribution in [2.24, 2.45) is 4.99 Å². The minimum Gasteiger partial charge on any atom is -0.504 e. The highest BCUT2D eigenvalue weighted by Gasteiger charge is 2.23. The van der Waals surface area contributed by atoms with Gasteiger partial charge in [0.15, 0.2) is 16.7 Å². The van der Waals surface area contributed by atoms with Crippen LogP contribution in [0.2, 0.25) is 0 Å². The van der Waals surface area contributed by atoms with Crippen LogP contribution in [0.4, 0.5) is 0 Å². The topological polar surface area (TPSA) is 70.9 Å². The van der Waals surface area contributed by atoms with Gasteiger partial charge in [0.25, 0.3) is 5.91 Å². The molecule has 2 N–H and O–H groups in total. The highest BCUT2D eigenvalue weighted by Crippen LogP contribution is 2.30. The molecular formula is C18H16N2O3S. The third-order valence-corrected chi connectivity index (χ3v) is 4.35. The molecule has 1 heterocycles. The van der Waals surface area contributed by atoms with Gasteiger partial charge >= 0.3 is 0 Å². The zero-order valence-electron chi connectivity index (χ0n) is 13.0. The number of thioether (sulfide) groups is 1. The van der Waals surface area contributed by atoms with E-state index in [1.165, 1.54) is 18.9 Å². The van der Waals surface area contributed by atoms with E-state index in [0.29, 0.717) is 22.4 Å². The first-order chi connectivity index (χ1) is 11.7. The van der Waals surface area contributed by atoms with E-state index < -0.39 is 0 Å². The molecule has 122 valence electrons. The van der Waals surface area contributed by atoms with Crippen LogP contribution in [0.5, 0.6) is 11.5 Å². The zero-order chi connectivity index (χ0) is 16.9. The zero-order valence-corrected chi connectivity index (χ0v) is 13.8. The van der Waals surface area contributed by atoms with Crippen molar-refractivity contribution in [2.45, 2.75) is 6.54 Å². The number of aromatic hydroxyl groups is 1. The minimum absolute atomic E-state index is 0.0354. The molecule has 0 unspecified atom stereocenters. The number of nitrogens with zero attached hydrogens (tertiary/aromatic N) is 1. The van der Waals surface area contributed by atoms with Crippen molar-refractivity contribution >= 4 is 28.9 Å². The molecule has 24 heavy (non-hydrogen) atoms. The van der Waals surface area contributed by atoms with E-state index in [2.05, 4.69) is 10.3 Å². The molecule has 1 saturated heterocycles. The third kappa shape index (κ3) is 3.78. The summed E-state index contributed by atoms with van der Waals surface area (Å²) < 4.78 is 5.01. The molecule has 1 amide bonds. The predicted molar refractivity (Wildman–Crippen MR) is 96.0 cm³/mol. The second-order valence-electron chi connectivity index (χ2n) is 5.10. The summed E-state index contributed by atoms with van der Waals surface area (Å²) in [6.07, 6.45) is 1.71. The van der Waals surface area contributed by atoms with Crippen LogP contribution in [0.15, 0.2) is 58.4 Å². The first-order valence-electron chi connectivity index (χ1n) is 7.32. The van der Waals surface area contributed by atoms with Gasteiger partial charge in [-0.3, -0.25) is 9.79 Å². The van der Waals surface area contributed by atoms with Crippen LogP contribution < -0.4 is 10.1 Å². The first kappa shape index (κ1) is 16.1. The quantitative estimate of drug-likeness (QED) is 0.839. The molecule has 1 aliphatic heterocycles. The highest BCUT2D eigenvalue weighted by atomic mass is 32.2. The van der Waals surface area contributed by atoms with E-state index in [1.54, 1.807) is 24.3 Å². The van der Waals surface area contributed by atoms with E-state index in [1.807, 2.05) is 30.3 Å². The van der Waals surface area contributed by atoms with Gasteiger partial charge in [-0.1, -0.05) is 36.4 Å².